The summed E-state index contributed by atoms with van der Waals surface area (Å²) in [5.74, 6) is -2.88. The van der Waals surface area contributed by atoms with E-state index in [-0.39, 0.29) is 30.5 Å². The van der Waals surface area contributed by atoms with E-state index in [0.29, 0.717) is 6.61 Å². The van der Waals surface area contributed by atoms with Crippen LogP contribution in [0, 0.1) is 23.5 Å². The van der Waals surface area contributed by atoms with Gasteiger partial charge < -0.3 is 15.0 Å². The van der Waals surface area contributed by atoms with Gasteiger partial charge >= 0.3 is 0 Å². The number of likely N-dealkylation sites (tertiary alicyclic amines) is 1. The molecule has 1 aromatic rings. The molecule has 2 atom stereocenters. The van der Waals surface area contributed by atoms with E-state index in [9.17, 15) is 18.4 Å². The third-order valence-corrected chi connectivity index (χ3v) is 3.85. The summed E-state index contributed by atoms with van der Waals surface area (Å²) in [6.45, 7) is 0.733. The van der Waals surface area contributed by atoms with Crippen molar-refractivity contribution >= 4 is 11.8 Å². The molecule has 0 radical (unpaired) electrons. The van der Waals surface area contributed by atoms with Crippen LogP contribution in [0.4, 0.5) is 8.78 Å². The second-order valence-electron chi connectivity index (χ2n) is 5.27. The molecule has 0 bridgehead atoms. The zero-order valence-electron chi connectivity index (χ0n) is 12.4. The van der Waals surface area contributed by atoms with E-state index in [4.69, 9.17) is 4.74 Å². The summed E-state index contributed by atoms with van der Waals surface area (Å²) in [6, 6.07) is 2.74. The molecule has 2 rings (SSSR count). The van der Waals surface area contributed by atoms with E-state index in [0.717, 1.165) is 18.2 Å². The Hall–Kier alpha value is -2.02. The number of halogens is 2. The van der Waals surface area contributed by atoms with Crippen LogP contribution >= 0.6 is 0 Å². The molecule has 1 heterocycles. The van der Waals surface area contributed by atoms with Crippen molar-refractivity contribution in [3.63, 3.8) is 0 Å². The van der Waals surface area contributed by atoms with Crippen LogP contribution in [-0.4, -0.2) is 50.6 Å². The van der Waals surface area contributed by atoms with Crippen LogP contribution in [-0.2, 0) is 9.53 Å². The average molecular weight is 312 g/mol. The molecule has 0 saturated carbocycles. The van der Waals surface area contributed by atoms with Gasteiger partial charge in [-0.05, 0) is 18.2 Å². The van der Waals surface area contributed by atoms with E-state index >= 15 is 0 Å². The summed E-state index contributed by atoms with van der Waals surface area (Å²) >= 11 is 0. The van der Waals surface area contributed by atoms with Crippen molar-refractivity contribution in [2.24, 2.45) is 11.8 Å². The molecule has 1 aliphatic heterocycles. The number of benzene rings is 1. The number of amides is 2. The Bertz CT molecular complexity index is 580. The van der Waals surface area contributed by atoms with Gasteiger partial charge in [0, 0.05) is 33.2 Å². The van der Waals surface area contributed by atoms with Gasteiger partial charge in [0.05, 0.1) is 18.1 Å². The highest BCUT2D eigenvalue weighted by Gasteiger charge is 2.39. The maximum Gasteiger partial charge on any atom is 0.256 e. The smallest absolute Gasteiger partial charge is 0.256 e. The molecule has 1 fully saturated rings. The van der Waals surface area contributed by atoms with Gasteiger partial charge in [-0.3, -0.25) is 9.59 Å². The number of nitrogens with zero attached hydrogens (tertiary/aromatic N) is 1. The quantitative estimate of drug-likeness (QED) is 0.904. The Morgan fingerprint density at radius 1 is 1.36 bits per heavy atom. The van der Waals surface area contributed by atoms with Crippen molar-refractivity contribution in [1.82, 2.24) is 10.2 Å². The number of hydrogen-bond donors (Lipinski definition) is 1. The minimum absolute atomic E-state index is 0.155. The number of rotatable bonds is 4. The van der Waals surface area contributed by atoms with Gasteiger partial charge in [-0.2, -0.15) is 0 Å². The van der Waals surface area contributed by atoms with Gasteiger partial charge in [-0.1, -0.05) is 0 Å². The van der Waals surface area contributed by atoms with Crippen molar-refractivity contribution in [1.29, 1.82) is 0 Å². The van der Waals surface area contributed by atoms with Crippen molar-refractivity contribution in [3.8, 4) is 0 Å². The van der Waals surface area contributed by atoms with E-state index in [1.807, 2.05) is 0 Å². The highest BCUT2D eigenvalue weighted by atomic mass is 19.1. The standard InChI is InChI=1S/C15H18F2N2O3/c1-18-14(20)12-7-19(6-9(12)8-22-2)15(21)11-5-10(16)3-4-13(11)17/h3-5,9,12H,6-8H2,1-2H3,(H,18,20)/t9-,12+/m0/s1. The third-order valence-electron chi connectivity index (χ3n) is 3.85. The molecule has 7 heteroatoms. The molecule has 0 aromatic heterocycles. The van der Waals surface area contributed by atoms with E-state index < -0.39 is 23.5 Å². The second-order valence-corrected chi connectivity index (χ2v) is 5.27. The van der Waals surface area contributed by atoms with Crippen LogP contribution < -0.4 is 5.32 Å². The number of carbonyl (C=O) groups is 2. The molecule has 1 N–H and O–H groups in total. The molecule has 120 valence electrons. The van der Waals surface area contributed by atoms with E-state index in [1.165, 1.54) is 19.1 Å². The van der Waals surface area contributed by atoms with Gasteiger partial charge in [0.25, 0.3) is 5.91 Å². The van der Waals surface area contributed by atoms with Crippen LogP contribution in [0.3, 0.4) is 0 Å². The SMILES string of the molecule is CNC(=O)[C@@H]1CN(C(=O)c2cc(F)ccc2F)C[C@H]1COC. The van der Waals surface area contributed by atoms with Gasteiger partial charge in [-0.25, -0.2) is 8.78 Å². The predicted molar refractivity (Wildman–Crippen MR) is 75.2 cm³/mol. The first-order valence-corrected chi connectivity index (χ1v) is 6.92. The zero-order valence-corrected chi connectivity index (χ0v) is 12.4. The lowest BCUT2D eigenvalue weighted by molar-refractivity contribution is -0.125. The zero-order chi connectivity index (χ0) is 16.3. The molecular weight excluding hydrogens is 294 g/mol. The van der Waals surface area contributed by atoms with Crippen LogP contribution in [0.1, 0.15) is 10.4 Å². The summed E-state index contributed by atoms with van der Waals surface area (Å²) in [5, 5.41) is 2.55. The van der Waals surface area contributed by atoms with Crippen molar-refractivity contribution in [3.05, 3.63) is 35.4 Å². The maximum atomic E-state index is 13.7. The molecule has 0 spiro atoms. The molecule has 1 saturated heterocycles. The minimum atomic E-state index is -0.780. The summed E-state index contributed by atoms with van der Waals surface area (Å²) in [5.41, 5.74) is -0.325. The van der Waals surface area contributed by atoms with Gasteiger partial charge in [0.1, 0.15) is 11.6 Å². The van der Waals surface area contributed by atoms with Crippen LogP contribution in [0.2, 0.25) is 0 Å². The number of methoxy groups -OCH3 is 1. The largest absolute Gasteiger partial charge is 0.384 e. The number of hydrogen-bond acceptors (Lipinski definition) is 3. The van der Waals surface area contributed by atoms with Crippen molar-refractivity contribution < 1.29 is 23.1 Å². The first-order valence-electron chi connectivity index (χ1n) is 6.92. The van der Waals surface area contributed by atoms with Crippen molar-refractivity contribution in [2.45, 2.75) is 0 Å². The van der Waals surface area contributed by atoms with Gasteiger partial charge in [0.15, 0.2) is 0 Å². The molecule has 1 aromatic carbocycles. The van der Waals surface area contributed by atoms with Crippen LogP contribution in [0.25, 0.3) is 0 Å². The fraction of sp³-hybridized carbons (Fsp3) is 0.467. The molecule has 0 aliphatic carbocycles. The third kappa shape index (κ3) is 3.24. The average Bonchev–Trinajstić information content (AvgIpc) is 2.92. The Balaban J connectivity index is 2.20. The minimum Gasteiger partial charge on any atom is -0.384 e. The lowest BCUT2D eigenvalue weighted by Gasteiger charge is -2.16. The first kappa shape index (κ1) is 16.4. The normalized spacial score (nSPS) is 21.0. The monoisotopic (exact) mass is 312 g/mol. The Kier molecular flexibility index (Phi) is 5.07. The first-order chi connectivity index (χ1) is 10.5. The number of nitrogens with one attached hydrogen (secondary N) is 1. The van der Waals surface area contributed by atoms with E-state index in [2.05, 4.69) is 5.32 Å². The van der Waals surface area contributed by atoms with Crippen molar-refractivity contribution in [2.75, 3.05) is 33.9 Å². The fourth-order valence-electron chi connectivity index (χ4n) is 2.73. The van der Waals surface area contributed by atoms with Crippen LogP contribution in [0.15, 0.2) is 18.2 Å². The van der Waals surface area contributed by atoms with Gasteiger partial charge in [-0.15, -0.1) is 0 Å². The lowest BCUT2D eigenvalue weighted by Crippen LogP contribution is -2.34. The molecular formula is C15H18F2N2O3. The maximum absolute atomic E-state index is 13.7. The summed E-state index contributed by atoms with van der Waals surface area (Å²) in [7, 11) is 3.03. The van der Waals surface area contributed by atoms with Crippen LogP contribution in [0.5, 0.6) is 0 Å². The topological polar surface area (TPSA) is 58.6 Å². The molecule has 0 unspecified atom stereocenters. The second kappa shape index (κ2) is 6.83. The molecule has 1 aliphatic rings. The summed E-state index contributed by atoms with van der Waals surface area (Å²) in [6.07, 6.45) is 0. The predicted octanol–water partition coefficient (Wildman–Crippen LogP) is 1.05. The Labute approximate surface area is 127 Å². The fourth-order valence-corrected chi connectivity index (χ4v) is 2.73. The Morgan fingerprint density at radius 3 is 2.73 bits per heavy atom. The number of carbonyl (C=O) groups excluding carboxylic acids is 2. The summed E-state index contributed by atoms with van der Waals surface area (Å²) < 4.78 is 32.0. The Morgan fingerprint density at radius 2 is 2.09 bits per heavy atom. The molecule has 5 nitrogen and oxygen atoms in total. The lowest BCUT2D eigenvalue weighted by atomic mass is 9.96. The summed E-state index contributed by atoms with van der Waals surface area (Å²) in [4.78, 5) is 25.6. The van der Waals surface area contributed by atoms with E-state index in [1.54, 1.807) is 0 Å². The highest BCUT2D eigenvalue weighted by Crippen LogP contribution is 2.26. The number of ether oxygens (including phenoxy) is 1. The van der Waals surface area contributed by atoms with Gasteiger partial charge in [0.2, 0.25) is 5.91 Å². The molecule has 22 heavy (non-hydrogen) atoms. The highest BCUT2D eigenvalue weighted by molar-refractivity contribution is 5.95. The molecule has 2 amide bonds.